The van der Waals surface area contributed by atoms with Gasteiger partial charge in [0.1, 0.15) is 5.82 Å². The van der Waals surface area contributed by atoms with Crippen molar-refractivity contribution in [3.63, 3.8) is 0 Å². The monoisotopic (exact) mass is 425 g/mol. The summed E-state index contributed by atoms with van der Waals surface area (Å²) in [6.07, 6.45) is 0.909. The Kier molecular flexibility index (Phi) is 5.67. The van der Waals surface area contributed by atoms with Crippen molar-refractivity contribution in [2.45, 2.75) is 18.4 Å². The van der Waals surface area contributed by atoms with Gasteiger partial charge in [0.05, 0.1) is 24.3 Å². The first-order chi connectivity index (χ1) is 9.65. The fourth-order valence-corrected chi connectivity index (χ4v) is 2.59. The molecule has 4 nitrogen and oxygen atoms in total. The Balaban J connectivity index is 0.00000161. The third-order valence-corrected chi connectivity index (χ3v) is 4.07. The Hall–Kier alpha value is -0.600. The largest absolute Gasteiger partial charge is 0.378 e. The maximum atomic E-state index is 13.4. The van der Waals surface area contributed by atoms with Crippen LogP contribution < -0.4 is 5.73 Å². The van der Waals surface area contributed by atoms with Gasteiger partial charge >= 0.3 is 0 Å². The molecule has 1 aromatic rings. The lowest BCUT2D eigenvalue weighted by atomic mass is 10.1. The highest BCUT2D eigenvalue weighted by atomic mass is 127. The maximum absolute atomic E-state index is 13.4. The highest BCUT2D eigenvalue weighted by Crippen LogP contribution is 2.44. The zero-order valence-corrected chi connectivity index (χ0v) is 14.6. The number of halogens is 3. The van der Waals surface area contributed by atoms with E-state index in [4.69, 9.17) is 22.1 Å². The molecule has 1 saturated carbocycles. The molecule has 3 rings (SSSR count). The fourth-order valence-electron chi connectivity index (χ4n) is 2.47. The number of hydrogen-bond acceptors (Lipinski definition) is 2. The lowest BCUT2D eigenvalue weighted by molar-refractivity contribution is 0.0674. The first-order valence-electron chi connectivity index (χ1n) is 6.76. The van der Waals surface area contributed by atoms with Crippen LogP contribution >= 0.6 is 35.6 Å². The van der Waals surface area contributed by atoms with E-state index in [2.05, 4.69) is 4.99 Å². The first kappa shape index (κ1) is 16.8. The molecule has 116 valence electrons. The standard InChI is InChI=1S/C14H17ClFN3O.HI/c15-11-2-1-9(7-12(11)16)10-8-13(10)18-14(17)19-3-5-20-6-4-19;/h1-2,7,10,13H,3-6,8H2,(H2,17,18);1H. The minimum absolute atomic E-state index is 0. The molecule has 2 N–H and O–H groups in total. The molecule has 1 aliphatic carbocycles. The number of aliphatic imine (C=N–C) groups is 1. The Labute approximate surface area is 145 Å². The van der Waals surface area contributed by atoms with Crippen LogP contribution in [-0.4, -0.2) is 43.2 Å². The number of benzene rings is 1. The summed E-state index contributed by atoms with van der Waals surface area (Å²) < 4.78 is 18.7. The van der Waals surface area contributed by atoms with Crippen LogP contribution in [0.5, 0.6) is 0 Å². The third-order valence-electron chi connectivity index (χ3n) is 3.76. The average molecular weight is 426 g/mol. The highest BCUT2D eigenvalue weighted by Gasteiger charge is 2.39. The van der Waals surface area contributed by atoms with Gasteiger partial charge in [0.2, 0.25) is 0 Å². The number of nitrogens with two attached hydrogens (primary N) is 1. The summed E-state index contributed by atoms with van der Waals surface area (Å²) in [7, 11) is 0. The Bertz CT molecular complexity index is 537. The second-order valence-corrected chi connectivity index (χ2v) is 5.58. The van der Waals surface area contributed by atoms with Crippen LogP contribution in [0.4, 0.5) is 4.39 Å². The summed E-state index contributed by atoms with van der Waals surface area (Å²) in [5.74, 6) is 0.441. The van der Waals surface area contributed by atoms with Crippen molar-refractivity contribution >= 4 is 41.5 Å². The van der Waals surface area contributed by atoms with E-state index in [1.807, 2.05) is 11.0 Å². The number of rotatable bonds is 2. The summed E-state index contributed by atoms with van der Waals surface area (Å²) in [4.78, 5) is 6.56. The van der Waals surface area contributed by atoms with Gasteiger partial charge in [-0.2, -0.15) is 0 Å². The number of nitrogens with zero attached hydrogens (tertiary/aromatic N) is 2. The summed E-state index contributed by atoms with van der Waals surface area (Å²) in [5, 5.41) is 0.155. The average Bonchev–Trinajstić information content (AvgIpc) is 3.22. The maximum Gasteiger partial charge on any atom is 0.191 e. The SMILES string of the molecule is I.NC(=NC1CC1c1ccc(Cl)c(F)c1)N1CCOCC1. The van der Waals surface area contributed by atoms with Crippen LogP contribution in [0.1, 0.15) is 17.9 Å². The number of ether oxygens (including phenoxy) is 1. The molecular weight excluding hydrogens is 408 g/mol. The van der Waals surface area contributed by atoms with Crippen molar-refractivity contribution in [1.29, 1.82) is 0 Å². The molecule has 2 aliphatic rings. The predicted octanol–water partition coefficient (Wildman–Crippen LogP) is 2.60. The third kappa shape index (κ3) is 3.98. The summed E-state index contributed by atoms with van der Waals surface area (Å²) in [6, 6.07) is 5.10. The summed E-state index contributed by atoms with van der Waals surface area (Å²) in [5.41, 5.74) is 6.95. The lowest BCUT2D eigenvalue weighted by Gasteiger charge is -2.27. The Morgan fingerprint density at radius 1 is 1.38 bits per heavy atom. The van der Waals surface area contributed by atoms with Crippen LogP contribution in [0.3, 0.4) is 0 Å². The number of guanidine groups is 1. The highest BCUT2D eigenvalue weighted by molar-refractivity contribution is 14.0. The van der Waals surface area contributed by atoms with Crippen molar-refractivity contribution in [2.24, 2.45) is 10.7 Å². The molecule has 0 amide bonds. The molecule has 1 aliphatic heterocycles. The van der Waals surface area contributed by atoms with Crippen molar-refractivity contribution in [1.82, 2.24) is 4.90 Å². The molecule has 0 radical (unpaired) electrons. The fraction of sp³-hybridized carbons (Fsp3) is 0.500. The Morgan fingerprint density at radius 3 is 2.76 bits per heavy atom. The zero-order valence-electron chi connectivity index (χ0n) is 11.5. The van der Waals surface area contributed by atoms with Gasteiger partial charge in [0.15, 0.2) is 5.96 Å². The topological polar surface area (TPSA) is 50.8 Å². The smallest absolute Gasteiger partial charge is 0.191 e. The predicted molar refractivity (Wildman–Crippen MR) is 92.0 cm³/mol. The second kappa shape index (κ2) is 7.11. The molecule has 7 heteroatoms. The molecule has 21 heavy (non-hydrogen) atoms. The van der Waals surface area contributed by atoms with E-state index in [1.165, 1.54) is 6.07 Å². The van der Waals surface area contributed by atoms with E-state index in [9.17, 15) is 4.39 Å². The lowest BCUT2D eigenvalue weighted by Crippen LogP contribution is -2.45. The Morgan fingerprint density at radius 2 is 2.10 bits per heavy atom. The minimum atomic E-state index is -0.375. The van der Waals surface area contributed by atoms with E-state index >= 15 is 0 Å². The van der Waals surface area contributed by atoms with Crippen LogP contribution in [0, 0.1) is 5.82 Å². The summed E-state index contributed by atoms with van der Waals surface area (Å²) >= 11 is 5.69. The minimum Gasteiger partial charge on any atom is -0.378 e. The quantitative estimate of drug-likeness (QED) is 0.450. The van der Waals surface area contributed by atoms with Crippen molar-refractivity contribution in [3.05, 3.63) is 34.6 Å². The van der Waals surface area contributed by atoms with E-state index in [-0.39, 0.29) is 46.8 Å². The van der Waals surface area contributed by atoms with Gasteiger partial charge in [-0.05, 0) is 24.1 Å². The van der Waals surface area contributed by atoms with Crippen LogP contribution in [0.2, 0.25) is 5.02 Å². The van der Waals surface area contributed by atoms with Gasteiger partial charge in [-0.15, -0.1) is 24.0 Å². The first-order valence-corrected chi connectivity index (χ1v) is 7.14. The number of morpholine rings is 1. The molecular formula is C14H18ClFIN3O. The normalized spacial score (nSPS) is 25.4. The molecule has 1 saturated heterocycles. The zero-order chi connectivity index (χ0) is 14.1. The van der Waals surface area contributed by atoms with Gasteiger partial charge < -0.3 is 15.4 Å². The van der Waals surface area contributed by atoms with Gasteiger partial charge in [-0.1, -0.05) is 17.7 Å². The van der Waals surface area contributed by atoms with Crippen LogP contribution in [0.25, 0.3) is 0 Å². The van der Waals surface area contributed by atoms with Gasteiger partial charge in [-0.25, -0.2) is 9.38 Å². The van der Waals surface area contributed by atoms with Gasteiger partial charge in [0.25, 0.3) is 0 Å². The molecule has 2 fully saturated rings. The van der Waals surface area contributed by atoms with Crippen LogP contribution in [0.15, 0.2) is 23.2 Å². The second-order valence-electron chi connectivity index (χ2n) is 5.17. The van der Waals surface area contributed by atoms with E-state index in [0.717, 1.165) is 25.1 Å². The van der Waals surface area contributed by atoms with Crippen LogP contribution in [-0.2, 0) is 4.74 Å². The van der Waals surface area contributed by atoms with E-state index < -0.39 is 0 Å². The molecule has 2 atom stereocenters. The molecule has 1 aromatic carbocycles. The van der Waals surface area contributed by atoms with E-state index in [0.29, 0.717) is 19.2 Å². The van der Waals surface area contributed by atoms with Crippen molar-refractivity contribution in [3.8, 4) is 0 Å². The van der Waals surface area contributed by atoms with Crippen molar-refractivity contribution in [2.75, 3.05) is 26.3 Å². The molecule has 2 unspecified atom stereocenters. The van der Waals surface area contributed by atoms with E-state index in [1.54, 1.807) is 6.07 Å². The molecule has 0 bridgehead atoms. The molecule has 0 spiro atoms. The van der Waals surface area contributed by atoms with Gasteiger partial charge in [-0.3, -0.25) is 0 Å². The van der Waals surface area contributed by atoms with Gasteiger partial charge in [0, 0.05) is 19.0 Å². The molecule has 0 aromatic heterocycles. The number of hydrogen-bond donors (Lipinski definition) is 1. The van der Waals surface area contributed by atoms with Crippen molar-refractivity contribution < 1.29 is 9.13 Å². The molecule has 1 heterocycles. The summed E-state index contributed by atoms with van der Waals surface area (Å²) in [6.45, 7) is 2.93.